The van der Waals surface area contributed by atoms with Gasteiger partial charge in [-0.25, -0.2) is 0 Å². The maximum atomic E-state index is 12.7. The van der Waals surface area contributed by atoms with Crippen molar-refractivity contribution in [3.8, 4) is 5.75 Å². The van der Waals surface area contributed by atoms with E-state index in [4.69, 9.17) is 9.84 Å². The van der Waals surface area contributed by atoms with Gasteiger partial charge in [-0.05, 0) is 56.9 Å². The fourth-order valence-corrected chi connectivity index (χ4v) is 2.88. The molecule has 1 amide bonds. The summed E-state index contributed by atoms with van der Waals surface area (Å²) in [7, 11) is 0. The Morgan fingerprint density at radius 1 is 1.27 bits per heavy atom. The van der Waals surface area contributed by atoms with Crippen molar-refractivity contribution in [1.82, 2.24) is 4.90 Å². The van der Waals surface area contributed by atoms with Crippen LogP contribution in [-0.4, -0.2) is 41.1 Å². The van der Waals surface area contributed by atoms with Gasteiger partial charge in [0.15, 0.2) is 0 Å². The maximum absolute atomic E-state index is 12.7. The molecule has 5 nitrogen and oxygen atoms in total. The lowest BCUT2D eigenvalue weighted by Gasteiger charge is -2.35. The third-order valence-electron chi connectivity index (χ3n) is 3.99. The van der Waals surface area contributed by atoms with Crippen molar-refractivity contribution < 1.29 is 19.4 Å². The zero-order chi connectivity index (χ0) is 15.9. The molecule has 1 N–H and O–H groups in total. The van der Waals surface area contributed by atoms with Crippen molar-refractivity contribution in [3.05, 3.63) is 29.8 Å². The van der Waals surface area contributed by atoms with Gasteiger partial charge in [0.2, 0.25) is 0 Å². The van der Waals surface area contributed by atoms with E-state index in [0.29, 0.717) is 25.1 Å². The molecule has 0 spiro atoms. The minimum absolute atomic E-state index is 0.0156. The van der Waals surface area contributed by atoms with Crippen LogP contribution in [0, 0.1) is 0 Å². The number of carbonyl (C=O) groups excluding carboxylic acids is 1. The van der Waals surface area contributed by atoms with Gasteiger partial charge in [-0.2, -0.15) is 0 Å². The molecule has 0 radical (unpaired) electrons. The lowest BCUT2D eigenvalue weighted by Crippen LogP contribution is -2.43. The van der Waals surface area contributed by atoms with Crippen LogP contribution in [-0.2, 0) is 4.79 Å². The minimum atomic E-state index is -0.806. The van der Waals surface area contributed by atoms with Gasteiger partial charge >= 0.3 is 5.97 Å². The van der Waals surface area contributed by atoms with E-state index < -0.39 is 5.97 Å². The third-order valence-corrected chi connectivity index (χ3v) is 3.99. The van der Waals surface area contributed by atoms with Gasteiger partial charge in [0.1, 0.15) is 5.75 Å². The fourth-order valence-electron chi connectivity index (χ4n) is 2.88. The lowest BCUT2D eigenvalue weighted by molar-refractivity contribution is -0.137. The van der Waals surface area contributed by atoms with Crippen molar-refractivity contribution in [2.45, 2.75) is 45.1 Å². The molecule has 1 fully saturated rings. The zero-order valence-electron chi connectivity index (χ0n) is 13.0. The number of nitrogens with zero attached hydrogens (tertiary/aromatic N) is 1. The molecule has 0 bridgehead atoms. The van der Waals surface area contributed by atoms with Crippen molar-refractivity contribution >= 4 is 11.9 Å². The van der Waals surface area contributed by atoms with Crippen LogP contribution in [0.5, 0.6) is 5.75 Å². The van der Waals surface area contributed by atoms with Crippen molar-refractivity contribution in [2.75, 3.05) is 13.2 Å². The van der Waals surface area contributed by atoms with Gasteiger partial charge in [-0.3, -0.25) is 9.59 Å². The Kier molecular flexibility index (Phi) is 5.81. The topological polar surface area (TPSA) is 66.8 Å². The highest BCUT2D eigenvalue weighted by molar-refractivity contribution is 5.94. The number of amides is 1. The number of carboxylic acids is 1. The summed E-state index contributed by atoms with van der Waals surface area (Å²) in [4.78, 5) is 25.3. The van der Waals surface area contributed by atoms with Crippen molar-refractivity contribution in [2.24, 2.45) is 0 Å². The number of likely N-dealkylation sites (tertiary alicyclic amines) is 1. The second kappa shape index (κ2) is 7.82. The van der Waals surface area contributed by atoms with E-state index in [0.717, 1.165) is 25.0 Å². The SMILES string of the molecule is CCOc1ccc(C(=O)N2CCCCC2CCC(=O)O)cc1. The normalized spacial score (nSPS) is 18.0. The van der Waals surface area contributed by atoms with Gasteiger partial charge in [-0.15, -0.1) is 0 Å². The number of hydrogen-bond acceptors (Lipinski definition) is 3. The second-order valence-corrected chi connectivity index (χ2v) is 5.54. The minimum Gasteiger partial charge on any atom is -0.494 e. The molecule has 1 aliphatic rings. The first-order valence-electron chi connectivity index (χ1n) is 7.87. The van der Waals surface area contributed by atoms with Crippen LogP contribution in [0.25, 0.3) is 0 Å². The molecular formula is C17H23NO4. The predicted molar refractivity (Wildman–Crippen MR) is 83.2 cm³/mol. The first-order valence-corrected chi connectivity index (χ1v) is 7.87. The number of benzene rings is 1. The number of rotatable bonds is 6. The Morgan fingerprint density at radius 3 is 2.64 bits per heavy atom. The molecule has 22 heavy (non-hydrogen) atoms. The second-order valence-electron chi connectivity index (χ2n) is 5.54. The highest BCUT2D eigenvalue weighted by Gasteiger charge is 2.27. The summed E-state index contributed by atoms with van der Waals surface area (Å²) in [6, 6.07) is 7.18. The fraction of sp³-hybridized carbons (Fsp3) is 0.529. The van der Waals surface area contributed by atoms with E-state index in [9.17, 15) is 9.59 Å². The molecule has 0 saturated carbocycles. The molecule has 0 aliphatic carbocycles. The van der Waals surface area contributed by atoms with E-state index in [1.165, 1.54) is 0 Å². The highest BCUT2D eigenvalue weighted by atomic mass is 16.5. The molecule has 5 heteroatoms. The monoisotopic (exact) mass is 305 g/mol. The molecule has 2 rings (SSSR count). The number of aliphatic carboxylic acids is 1. The van der Waals surface area contributed by atoms with Crippen LogP contribution in [0.1, 0.15) is 49.4 Å². The van der Waals surface area contributed by atoms with E-state index >= 15 is 0 Å². The Hall–Kier alpha value is -2.04. The summed E-state index contributed by atoms with van der Waals surface area (Å²) >= 11 is 0. The van der Waals surface area contributed by atoms with Gasteiger partial charge in [0.25, 0.3) is 5.91 Å². The average molecular weight is 305 g/mol. The number of piperidine rings is 1. The standard InChI is InChI=1S/C17H23NO4/c1-2-22-15-9-6-13(7-10-15)17(21)18-12-4-3-5-14(18)8-11-16(19)20/h6-7,9-10,14H,2-5,8,11-12H2,1H3,(H,19,20). The summed E-state index contributed by atoms with van der Waals surface area (Å²) in [5.41, 5.74) is 0.630. The van der Waals surface area contributed by atoms with Crippen LogP contribution in [0.4, 0.5) is 0 Å². The predicted octanol–water partition coefficient (Wildman–Crippen LogP) is 2.94. The van der Waals surface area contributed by atoms with E-state index in [1.807, 2.05) is 11.8 Å². The van der Waals surface area contributed by atoms with Crippen molar-refractivity contribution in [3.63, 3.8) is 0 Å². The summed E-state index contributed by atoms with van der Waals surface area (Å²) in [5, 5.41) is 8.85. The average Bonchev–Trinajstić information content (AvgIpc) is 2.53. The first-order chi connectivity index (χ1) is 10.6. The highest BCUT2D eigenvalue weighted by Crippen LogP contribution is 2.24. The number of ether oxygens (including phenoxy) is 1. The van der Waals surface area contributed by atoms with E-state index in [1.54, 1.807) is 24.3 Å². The maximum Gasteiger partial charge on any atom is 0.303 e. The van der Waals surface area contributed by atoms with Crippen LogP contribution >= 0.6 is 0 Å². The third kappa shape index (κ3) is 4.23. The quantitative estimate of drug-likeness (QED) is 0.877. The van der Waals surface area contributed by atoms with Crippen LogP contribution in [0.2, 0.25) is 0 Å². The summed E-state index contributed by atoms with van der Waals surface area (Å²) in [6.07, 6.45) is 3.55. The van der Waals surface area contributed by atoms with Gasteiger partial charge in [0, 0.05) is 24.6 Å². The number of carboxylic acid groups (broad SMARTS) is 1. The largest absolute Gasteiger partial charge is 0.494 e. The zero-order valence-corrected chi connectivity index (χ0v) is 13.0. The van der Waals surface area contributed by atoms with Gasteiger partial charge in [0.05, 0.1) is 6.61 Å². The summed E-state index contributed by atoms with van der Waals surface area (Å²) < 4.78 is 5.38. The van der Waals surface area contributed by atoms with Gasteiger partial charge in [-0.1, -0.05) is 0 Å². The van der Waals surface area contributed by atoms with Crippen molar-refractivity contribution in [1.29, 1.82) is 0 Å². The molecule has 1 unspecified atom stereocenters. The Morgan fingerprint density at radius 2 is 2.00 bits per heavy atom. The first kappa shape index (κ1) is 16.3. The van der Waals surface area contributed by atoms with Crippen LogP contribution in [0.15, 0.2) is 24.3 Å². The Labute approximate surface area is 130 Å². The number of hydrogen-bond donors (Lipinski definition) is 1. The summed E-state index contributed by atoms with van der Waals surface area (Å²) in [5.74, 6) is -0.0719. The molecular weight excluding hydrogens is 282 g/mol. The smallest absolute Gasteiger partial charge is 0.303 e. The van der Waals surface area contributed by atoms with Crippen LogP contribution < -0.4 is 4.74 Å². The molecule has 1 atom stereocenters. The molecule has 1 aromatic carbocycles. The summed E-state index contributed by atoms with van der Waals surface area (Å²) in [6.45, 7) is 3.22. The molecule has 0 aromatic heterocycles. The van der Waals surface area contributed by atoms with E-state index in [2.05, 4.69) is 0 Å². The molecule has 1 aliphatic heterocycles. The Bertz CT molecular complexity index is 512. The molecule has 1 aromatic rings. The Balaban J connectivity index is 2.05. The molecule has 1 heterocycles. The van der Waals surface area contributed by atoms with Crippen LogP contribution in [0.3, 0.4) is 0 Å². The van der Waals surface area contributed by atoms with E-state index in [-0.39, 0.29) is 18.4 Å². The number of carbonyl (C=O) groups is 2. The van der Waals surface area contributed by atoms with Gasteiger partial charge < -0.3 is 14.7 Å². The molecule has 1 saturated heterocycles. The molecule has 120 valence electrons. The lowest BCUT2D eigenvalue weighted by atomic mass is 9.97.